The van der Waals surface area contributed by atoms with Gasteiger partial charge in [-0.3, -0.25) is 0 Å². The van der Waals surface area contributed by atoms with Crippen molar-refractivity contribution in [3.8, 4) is 0 Å². The summed E-state index contributed by atoms with van der Waals surface area (Å²) in [5.41, 5.74) is 6.55. The van der Waals surface area contributed by atoms with Gasteiger partial charge in [0.2, 0.25) is 0 Å². The molecule has 2 unspecified atom stereocenters. The largest absolute Gasteiger partial charge is 0.330 e. The third kappa shape index (κ3) is 1.52. The molecule has 0 bridgehead atoms. The maximum absolute atomic E-state index is 5.80. The average Bonchev–Trinajstić information content (AvgIpc) is 2.76. The Kier molecular flexibility index (Phi) is 2.64. The first-order chi connectivity index (χ1) is 6.28. The van der Waals surface area contributed by atoms with E-state index in [1.807, 2.05) is 0 Å². The van der Waals surface area contributed by atoms with Crippen molar-refractivity contribution in [3.63, 3.8) is 0 Å². The summed E-state index contributed by atoms with van der Waals surface area (Å²) in [5.74, 6) is 1.72. The van der Waals surface area contributed by atoms with Crippen LogP contribution in [-0.2, 0) is 0 Å². The second-order valence-corrected chi connectivity index (χ2v) is 5.28. The van der Waals surface area contributed by atoms with E-state index < -0.39 is 0 Å². The van der Waals surface area contributed by atoms with E-state index in [0.29, 0.717) is 0 Å². The van der Waals surface area contributed by atoms with Crippen LogP contribution in [0.25, 0.3) is 0 Å². The minimum atomic E-state index is 0.749. The van der Waals surface area contributed by atoms with Crippen LogP contribution in [0.5, 0.6) is 0 Å². The predicted octanol–water partition coefficient (Wildman–Crippen LogP) is 2.94. The van der Waals surface area contributed by atoms with Gasteiger partial charge in [-0.25, -0.2) is 0 Å². The highest BCUT2D eigenvalue weighted by Gasteiger charge is 2.45. The number of hydrogen-bond donors (Lipinski definition) is 1. The zero-order valence-corrected chi connectivity index (χ0v) is 8.89. The van der Waals surface area contributed by atoms with Crippen LogP contribution >= 0.6 is 0 Å². The molecule has 13 heavy (non-hydrogen) atoms. The maximum atomic E-state index is 5.80. The van der Waals surface area contributed by atoms with E-state index in [9.17, 15) is 0 Å². The molecule has 2 N–H and O–H groups in total. The molecule has 0 aromatic carbocycles. The van der Waals surface area contributed by atoms with Crippen molar-refractivity contribution in [1.82, 2.24) is 0 Å². The number of nitrogens with two attached hydrogens (primary N) is 1. The Morgan fingerprint density at radius 1 is 1.23 bits per heavy atom. The Hall–Kier alpha value is -0.0400. The summed E-state index contributed by atoms with van der Waals surface area (Å²) >= 11 is 0. The van der Waals surface area contributed by atoms with Crippen LogP contribution in [0.2, 0.25) is 0 Å². The lowest BCUT2D eigenvalue weighted by Gasteiger charge is -2.35. The molecule has 2 aliphatic carbocycles. The molecule has 0 amide bonds. The standard InChI is InChI=1S/C12H23N/c1-10(9-13)11-5-4-8-12(11)6-2-3-7-12/h10-11H,2-9,13H2,1H3. The smallest absolute Gasteiger partial charge is 0.00486 e. The Balaban J connectivity index is 2.08. The number of hydrogen-bond acceptors (Lipinski definition) is 1. The highest BCUT2D eigenvalue weighted by Crippen LogP contribution is 2.56. The van der Waals surface area contributed by atoms with Crippen LogP contribution in [0.15, 0.2) is 0 Å². The summed E-state index contributed by atoms with van der Waals surface area (Å²) in [4.78, 5) is 0. The fourth-order valence-corrected chi connectivity index (χ4v) is 3.92. The van der Waals surface area contributed by atoms with E-state index in [1.165, 1.54) is 44.9 Å². The second-order valence-electron chi connectivity index (χ2n) is 5.28. The van der Waals surface area contributed by atoms with Crippen LogP contribution in [0.4, 0.5) is 0 Å². The van der Waals surface area contributed by atoms with Gasteiger partial charge in [-0.15, -0.1) is 0 Å². The Labute approximate surface area is 82.1 Å². The number of rotatable bonds is 2. The van der Waals surface area contributed by atoms with Gasteiger partial charge in [0.15, 0.2) is 0 Å². The van der Waals surface area contributed by atoms with Crippen LogP contribution in [0.3, 0.4) is 0 Å². The SMILES string of the molecule is CC(CN)C1CCCC12CCCC2. The van der Waals surface area contributed by atoms with E-state index in [0.717, 1.165) is 23.8 Å². The van der Waals surface area contributed by atoms with Gasteiger partial charge in [0.25, 0.3) is 0 Å². The molecule has 0 aliphatic heterocycles. The van der Waals surface area contributed by atoms with Crippen molar-refractivity contribution in [2.24, 2.45) is 23.0 Å². The second kappa shape index (κ2) is 3.61. The van der Waals surface area contributed by atoms with E-state index >= 15 is 0 Å². The van der Waals surface area contributed by atoms with Gasteiger partial charge in [0, 0.05) is 0 Å². The van der Waals surface area contributed by atoms with Gasteiger partial charge in [-0.05, 0) is 49.5 Å². The van der Waals surface area contributed by atoms with Gasteiger partial charge in [-0.2, -0.15) is 0 Å². The molecule has 0 aromatic rings. The third-order valence-corrected chi connectivity index (χ3v) is 4.63. The summed E-state index contributed by atoms with van der Waals surface area (Å²) in [5, 5.41) is 0. The minimum absolute atomic E-state index is 0.749. The summed E-state index contributed by atoms with van der Waals surface area (Å²) < 4.78 is 0. The summed E-state index contributed by atoms with van der Waals surface area (Å²) in [6, 6.07) is 0. The minimum Gasteiger partial charge on any atom is -0.330 e. The lowest BCUT2D eigenvalue weighted by molar-refractivity contribution is 0.153. The zero-order chi connectivity index (χ0) is 9.31. The van der Waals surface area contributed by atoms with E-state index in [2.05, 4.69) is 6.92 Å². The molecule has 0 radical (unpaired) electrons. The highest BCUT2D eigenvalue weighted by atomic mass is 14.6. The van der Waals surface area contributed by atoms with Crippen LogP contribution in [0.1, 0.15) is 51.9 Å². The molecule has 2 rings (SSSR count). The predicted molar refractivity (Wildman–Crippen MR) is 56.5 cm³/mol. The van der Waals surface area contributed by atoms with Crippen LogP contribution in [-0.4, -0.2) is 6.54 Å². The molecule has 2 saturated carbocycles. The molecule has 1 nitrogen and oxygen atoms in total. The molecule has 2 aliphatic rings. The lowest BCUT2D eigenvalue weighted by atomic mass is 9.71. The van der Waals surface area contributed by atoms with Gasteiger partial charge in [0.1, 0.15) is 0 Å². The topological polar surface area (TPSA) is 26.0 Å². The zero-order valence-electron chi connectivity index (χ0n) is 8.89. The van der Waals surface area contributed by atoms with Gasteiger partial charge >= 0.3 is 0 Å². The maximum Gasteiger partial charge on any atom is -0.00486 e. The third-order valence-electron chi connectivity index (χ3n) is 4.63. The van der Waals surface area contributed by atoms with Gasteiger partial charge in [-0.1, -0.05) is 26.2 Å². The summed E-state index contributed by atoms with van der Waals surface area (Å²) in [6.07, 6.45) is 10.4. The van der Waals surface area contributed by atoms with Gasteiger partial charge < -0.3 is 5.73 Å². The average molecular weight is 181 g/mol. The van der Waals surface area contributed by atoms with Crippen molar-refractivity contribution in [2.45, 2.75) is 51.9 Å². The summed E-state index contributed by atoms with van der Waals surface area (Å²) in [7, 11) is 0. The molecular weight excluding hydrogens is 158 g/mol. The molecular formula is C12H23N. The quantitative estimate of drug-likeness (QED) is 0.696. The van der Waals surface area contributed by atoms with E-state index in [4.69, 9.17) is 5.73 Å². The Morgan fingerprint density at radius 2 is 1.85 bits per heavy atom. The first-order valence-electron chi connectivity index (χ1n) is 5.98. The molecule has 0 aromatic heterocycles. The summed E-state index contributed by atoms with van der Waals surface area (Å²) in [6.45, 7) is 3.25. The van der Waals surface area contributed by atoms with E-state index in [-0.39, 0.29) is 0 Å². The first-order valence-corrected chi connectivity index (χ1v) is 5.98. The highest BCUT2D eigenvalue weighted by molar-refractivity contribution is 4.96. The molecule has 0 heterocycles. The van der Waals surface area contributed by atoms with Crippen molar-refractivity contribution >= 4 is 0 Å². The first kappa shape index (κ1) is 9.51. The molecule has 1 spiro atoms. The van der Waals surface area contributed by atoms with E-state index in [1.54, 1.807) is 0 Å². The molecule has 0 saturated heterocycles. The lowest BCUT2D eigenvalue weighted by Crippen LogP contribution is -2.31. The normalized spacial score (nSPS) is 34.2. The monoisotopic (exact) mass is 181 g/mol. The fraction of sp³-hybridized carbons (Fsp3) is 1.00. The van der Waals surface area contributed by atoms with Crippen LogP contribution in [0, 0.1) is 17.3 Å². The molecule has 76 valence electrons. The van der Waals surface area contributed by atoms with Crippen molar-refractivity contribution in [1.29, 1.82) is 0 Å². The molecule has 1 heteroatoms. The molecule has 2 atom stereocenters. The Bertz CT molecular complexity index is 164. The van der Waals surface area contributed by atoms with Crippen molar-refractivity contribution in [2.75, 3.05) is 6.54 Å². The van der Waals surface area contributed by atoms with Crippen LogP contribution < -0.4 is 5.73 Å². The van der Waals surface area contributed by atoms with Crippen molar-refractivity contribution in [3.05, 3.63) is 0 Å². The Morgan fingerprint density at radius 3 is 2.46 bits per heavy atom. The molecule has 2 fully saturated rings. The van der Waals surface area contributed by atoms with Gasteiger partial charge in [0.05, 0.1) is 0 Å². The fourth-order valence-electron chi connectivity index (χ4n) is 3.92. The van der Waals surface area contributed by atoms with Crippen molar-refractivity contribution < 1.29 is 0 Å².